The van der Waals surface area contributed by atoms with Crippen molar-refractivity contribution in [3.05, 3.63) is 83.7 Å². The van der Waals surface area contributed by atoms with Gasteiger partial charge in [0, 0.05) is 38.3 Å². The summed E-state index contributed by atoms with van der Waals surface area (Å²) in [5, 5.41) is 4.35. The van der Waals surface area contributed by atoms with E-state index in [0.29, 0.717) is 24.1 Å². The Morgan fingerprint density at radius 1 is 0.967 bits per heavy atom. The van der Waals surface area contributed by atoms with Gasteiger partial charge >= 0.3 is 0 Å². The summed E-state index contributed by atoms with van der Waals surface area (Å²) in [7, 11) is 1.74. The standard InChI is InChI=1S/C23H22N4O3/c1-25(15-17-14-24-27(16-17)18-8-3-2-4-9-18)21(28)12-7-13-26-22(29)19-10-5-6-11-20(19)23(26)30/h2-6,8-11,14,16H,7,12-13,15H2,1H3. The molecule has 0 fully saturated rings. The molecule has 30 heavy (non-hydrogen) atoms. The summed E-state index contributed by atoms with van der Waals surface area (Å²) in [5.41, 5.74) is 2.75. The fraction of sp³-hybridized carbons (Fsp3) is 0.217. The van der Waals surface area contributed by atoms with Crippen LogP contribution in [0.2, 0.25) is 0 Å². The van der Waals surface area contributed by atoms with Crippen LogP contribution in [0, 0.1) is 0 Å². The van der Waals surface area contributed by atoms with E-state index in [1.165, 1.54) is 4.90 Å². The highest BCUT2D eigenvalue weighted by atomic mass is 16.2. The third kappa shape index (κ3) is 3.87. The van der Waals surface area contributed by atoms with Gasteiger partial charge in [-0.15, -0.1) is 0 Å². The first-order valence-corrected chi connectivity index (χ1v) is 9.83. The molecule has 0 atom stereocenters. The topological polar surface area (TPSA) is 75.5 Å². The number of carbonyl (C=O) groups excluding carboxylic acids is 3. The lowest BCUT2D eigenvalue weighted by molar-refractivity contribution is -0.130. The van der Waals surface area contributed by atoms with Crippen molar-refractivity contribution in [1.29, 1.82) is 0 Å². The summed E-state index contributed by atoms with van der Waals surface area (Å²) < 4.78 is 1.77. The van der Waals surface area contributed by atoms with Crippen molar-refractivity contribution < 1.29 is 14.4 Å². The number of aromatic nitrogens is 2. The van der Waals surface area contributed by atoms with E-state index < -0.39 is 0 Å². The number of nitrogens with zero attached hydrogens (tertiary/aromatic N) is 4. The Bertz CT molecular complexity index is 1060. The summed E-state index contributed by atoms with van der Waals surface area (Å²) in [6.45, 7) is 0.677. The molecule has 0 unspecified atom stereocenters. The van der Waals surface area contributed by atoms with Gasteiger partial charge in [-0.1, -0.05) is 30.3 Å². The first kappa shape index (κ1) is 19.6. The summed E-state index contributed by atoms with van der Waals surface area (Å²) in [4.78, 5) is 40.1. The van der Waals surface area contributed by atoms with Crippen molar-refractivity contribution in [2.75, 3.05) is 13.6 Å². The first-order valence-electron chi connectivity index (χ1n) is 9.83. The molecular weight excluding hydrogens is 380 g/mol. The van der Waals surface area contributed by atoms with Gasteiger partial charge < -0.3 is 4.90 Å². The lowest BCUT2D eigenvalue weighted by Crippen LogP contribution is -2.32. The minimum atomic E-state index is -0.287. The van der Waals surface area contributed by atoms with Crippen LogP contribution in [0.4, 0.5) is 0 Å². The predicted molar refractivity (Wildman–Crippen MR) is 111 cm³/mol. The fourth-order valence-electron chi connectivity index (χ4n) is 3.55. The van der Waals surface area contributed by atoms with Gasteiger partial charge in [-0.3, -0.25) is 19.3 Å². The maximum atomic E-state index is 12.5. The largest absolute Gasteiger partial charge is 0.341 e. The highest BCUT2D eigenvalue weighted by molar-refractivity contribution is 6.21. The van der Waals surface area contributed by atoms with Gasteiger partial charge in [0.25, 0.3) is 11.8 Å². The number of benzene rings is 2. The maximum Gasteiger partial charge on any atom is 0.261 e. The number of amides is 3. The number of carbonyl (C=O) groups is 3. The highest BCUT2D eigenvalue weighted by Gasteiger charge is 2.34. The van der Waals surface area contributed by atoms with E-state index in [0.717, 1.165) is 11.3 Å². The van der Waals surface area contributed by atoms with Crippen LogP contribution in [-0.4, -0.2) is 50.9 Å². The average molecular weight is 402 g/mol. The SMILES string of the molecule is CN(Cc1cnn(-c2ccccc2)c1)C(=O)CCCN1C(=O)c2ccccc2C1=O. The normalized spacial score (nSPS) is 12.9. The third-order valence-corrected chi connectivity index (χ3v) is 5.15. The molecule has 2 aromatic carbocycles. The van der Waals surface area contributed by atoms with E-state index in [4.69, 9.17) is 0 Å². The van der Waals surface area contributed by atoms with Crippen molar-refractivity contribution in [3.8, 4) is 5.69 Å². The van der Waals surface area contributed by atoms with E-state index in [-0.39, 0.29) is 30.7 Å². The Balaban J connectivity index is 1.28. The van der Waals surface area contributed by atoms with E-state index in [9.17, 15) is 14.4 Å². The third-order valence-electron chi connectivity index (χ3n) is 5.15. The van der Waals surface area contributed by atoms with Crippen LogP contribution in [0.5, 0.6) is 0 Å². The Labute approximate surface area is 174 Å². The number of hydrogen-bond acceptors (Lipinski definition) is 4. The molecule has 3 amide bonds. The number of fused-ring (bicyclic) bond motifs is 1. The Hall–Kier alpha value is -3.74. The number of rotatable bonds is 7. The Morgan fingerprint density at radius 3 is 2.27 bits per heavy atom. The molecule has 0 saturated heterocycles. The molecule has 0 bridgehead atoms. The zero-order valence-corrected chi connectivity index (χ0v) is 16.7. The lowest BCUT2D eigenvalue weighted by Gasteiger charge is -2.18. The smallest absolute Gasteiger partial charge is 0.261 e. The van der Waals surface area contributed by atoms with Crippen molar-refractivity contribution in [2.45, 2.75) is 19.4 Å². The van der Waals surface area contributed by atoms with E-state index in [2.05, 4.69) is 5.10 Å². The van der Waals surface area contributed by atoms with Crippen molar-refractivity contribution in [3.63, 3.8) is 0 Å². The van der Waals surface area contributed by atoms with Crippen LogP contribution >= 0.6 is 0 Å². The van der Waals surface area contributed by atoms with Crippen LogP contribution in [0.15, 0.2) is 67.0 Å². The molecule has 0 spiro atoms. The van der Waals surface area contributed by atoms with Crippen LogP contribution < -0.4 is 0 Å². The molecule has 7 heteroatoms. The van der Waals surface area contributed by atoms with Gasteiger partial charge in [0.2, 0.25) is 5.91 Å². The monoisotopic (exact) mass is 402 g/mol. The van der Waals surface area contributed by atoms with Gasteiger partial charge in [-0.25, -0.2) is 4.68 Å². The molecule has 2 heterocycles. The number of imide groups is 1. The van der Waals surface area contributed by atoms with Crippen molar-refractivity contribution >= 4 is 17.7 Å². The zero-order valence-electron chi connectivity index (χ0n) is 16.7. The van der Waals surface area contributed by atoms with E-state index >= 15 is 0 Å². The van der Waals surface area contributed by atoms with Gasteiger partial charge in [0.1, 0.15) is 0 Å². The summed E-state index contributed by atoms with van der Waals surface area (Å²) >= 11 is 0. The van der Waals surface area contributed by atoms with Crippen LogP contribution in [-0.2, 0) is 11.3 Å². The zero-order chi connectivity index (χ0) is 21.1. The van der Waals surface area contributed by atoms with Crippen LogP contribution in [0.3, 0.4) is 0 Å². The molecule has 0 aliphatic carbocycles. The molecule has 1 aromatic heterocycles. The molecule has 1 aliphatic rings. The second-order valence-corrected chi connectivity index (χ2v) is 7.29. The molecule has 1 aliphatic heterocycles. The van der Waals surface area contributed by atoms with Gasteiger partial charge in [-0.2, -0.15) is 5.10 Å². The minimum Gasteiger partial charge on any atom is -0.341 e. The quantitative estimate of drug-likeness (QED) is 0.570. The Morgan fingerprint density at radius 2 is 1.60 bits per heavy atom. The molecule has 0 N–H and O–H groups in total. The summed E-state index contributed by atoms with van der Waals surface area (Å²) in [5.74, 6) is -0.617. The van der Waals surface area contributed by atoms with Crippen molar-refractivity contribution in [1.82, 2.24) is 19.6 Å². The molecule has 4 rings (SSSR count). The fourth-order valence-corrected chi connectivity index (χ4v) is 3.55. The number of para-hydroxylation sites is 1. The second-order valence-electron chi connectivity index (χ2n) is 7.29. The Kier molecular flexibility index (Phi) is 5.43. The second kappa shape index (κ2) is 8.32. The summed E-state index contributed by atoms with van der Waals surface area (Å²) in [6, 6.07) is 16.6. The average Bonchev–Trinajstić information content (AvgIpc) is 3.33. The lowest BCUT2D eigenvalue weighted by atomic mass is 10.1. The molecule has 3 aromatic rings. The number of hydrogen-bond donors (Lipinski definition) is 0. The maximum absolute atomic E-state index is 12.5. The molecule has 7 nitrogen and oxygen atoms in total. The predicted octanol–water partition coefficient (Wildman–Crippen LogP) is 2.91. The van der Waals surface area contributed by atoms with Gasteiger partial charge in [-0.05, 0) is 30.7 Å². The molecule has 0 radical (unpaired) electrons. The molecule has 152 valence electrons. The van der Waals surface area contributed by atoms with Crippen molar-refractivity contribution in [2.24, 2.45) is 0 Å². The van der Waals surface area contributed by atoms with E-state index in [1.54, 1.807) is 47.1 Å². The van der Waals surface area contributed by atoms with Crippen LogP contribution in [0.1, 0.15) is 39.1 Å². The summed E-state index contributed by atoms with van der Waals surface area (Å²) in [6.07, 6.45) is 4.34. The van der Waals surface area contributed by atoms with E-state index in [1.807, 2.05) is 36.5 Å². The van der Waals surface area contributed by atoms with Crippen LogP contribution in [0.25, 0.3) is 5.69 Å². The molecule has 0 saturated carbocycles. The first-order chi connectivity index (χ1) is 14.5. The highest BCUT2D eigenvalue weighted by Crippen LogP contribution is 2.22. The molecular formula is C23H22N4O3. The minimum absolute atomic E-state index is 0.0425. The van der Waals surface area contributed by atoms with Gasteiger partial charge in [0.05, 0.1) is 23.0 Å². The van der Waals surface area contributed by atoms with Gasteiger partial charge in [0.15, 0.2) is 0 Å².